The molecule has 0 bridgehead atoms. The molecule has 0 saturated carbocycles. The molecule has 1 aromatic carbocycles. The molecule has 1 aliphatic heterocycles. The third kappa shape index (κ3) is 4.17. The van der Waals surface area contributed by atoms with Crippen LogP contribution < -0.4 is 10.1 Å². The number of carbonyl (C=O) groups is 2. The van der Waals surface area contributed by atoms with Crippen LogP contribution in [-0.4, -0.2) is 30.0 Å². The number of hydrogen-bond donors (Lipinski definition) is 1. The minimum absolute atomic E-state index is 0.0255. The van der Waals surface area contributed by atoms with Crippen molar-refractivity contribution in [1.29, 1.82) is 0 Å². The van der Waals surface area contributed by atoms with Gasteiger partial charge in [0, 0.05) is 29.6 Å². The van der Waals surface area contributed by atoms with Gasteiger partial charge in [0.25, 0.3) is 0 Å². The number of nitrogens with zero attached hydrogens (tertiary/aromatic N) is 1. The fourth-order valence-corrected chi connectivity index (χ4v) is 4.54. The van der Waals surface area contributed by atoms with Gasteiger partial charge >= 0.3 is 5.97 Å². The Hall–Kier alpha value is -3.41. The van der Waals surface area contributed by atoms with Crippen molar-refractivity contribution in [2.24, 2.45) is 0 Å². The normalized spacial score (nSPS) is 20.7. The lowest BCUT2D eigenvalue weighted by Crippen LogP contribution is -2.36. The van der Waals surface area contributed by atoms with Crippen molar-refractivity contribution in [3.63, 3.8) is 0 Å². The first-order valence-electron chi connectivity index (χ1n) is 10.9. The number of rotatable bonds is 5. The Morgan fingerprint density at radius 3 is 2.50 bits per heavy atom. The number of carbonyl (C=O) groups excluding carboxylic acids is 2. The van der Waals surface area contributed by atoms with E-state index in [-0.39, 0.29) is 17.8 Å². The van der Waals surface area contributed by atoms with Crippen LogP contribution in [0.1, 0.15) is 56.7 Å². The van der Waals surface area contributed by atoms with Gasteiger partial charge in [0.15, 0.2) is 5.78 Å². The number of nitrogens with one attached hydrogen (secondary N) is 1. The summed E-state index contributed by atoms with van der Waals surface area (Å²) in [5, 5.41) is 3.36. The molecule has 6 nitrogen and oxygen atoms in total. The summed E-state index contributed by atoms with van der Waals surface area (Å²) in [6.07, 6.45) is 2.48. The minimum atomic E-state index is -0.539. The van der Waals surface area contributed by atoms with E-state index < -0.39 is 11.9 Å². The number of pyridine rings is 1. The third-order valence-electron chi connectivity index (χ3n) is 5.96. The number of hydrogen-bond acceptors (Lipinski definition) is 6. The molecule has 1 aromatic heterocycles. The fraction of sp³-hybridized carbons (Fsp3) is 0.346. The summed E-state index contributed by atoms with van der Waals surface area (Å²) in [5.74, 6) is -0.0900. The molecule has 2 atom stereocenters. The van der Waals surface area contributed by atoms with Crippen molar-refractivity contribution >= 4 is 11.8 Å². The Kier molecular flexibility index (Phi) is 6.12. The van der Waals surface area contributed by atoms with E-state index in [2.05, 4.69) is 10.3 Å². The van der Waals surface area contributed by atoms with Crippen molar-refractivity contribution in [2.45, 2.75) is 51.6 Å². The van der Waals surface area contributed by atoms with Gasteiger partial charge in [-0.3, -0.25) is 9.78 Å². The van der Waals surface area contributed by atoms with Crippen molar-refractivity contribution < 1.29 is 19.1 Å². The number of allylic oxidation sites excluding steroid dienone is 3. The average Bonchev–Trinajstić information content (AvgIpc) is 2.78. The van der Waals surface area contributed by atoms with Crippen molar-refractivity contribution in [1.82, 2.24) is 10.3 Å². The van der Waals surface area contributed by atoms with Gasteiger partial charge in [-0.2, -0.15) is 0 Å². The number of benzene rings is 1. The van der Waals surface area contributed by atoms with Gasteiger partial charge in [0.2, 0.25) is 0 Å². The van der Waals surface area contributed by atoms with Crippen molar-refractivity contribution in [2.75, 3.05) is 7.11 Å². The van der Waals surface area contributed by atoms with Gasteiger partial charge in [0.1, 0.15) is 5.75 Å². The first kappa shape index (κ1) is 21.8. The molecule has 2 heterocycles. The topological polar surface area (TPSA) is 77.5 Å². The second-order valence-corrected chi connectivity index (χ2v) is 8.50. The van der Waals surface area contributed by atoms with Gasteiger partial charge in [-0.05, 0) is 62.9 Å². The van der Waals surface area contributed by atoms with E-state index in [0.29, 0.717) is 35.4 Å². The zero-order valence-corrected chi connectivity index (χ0v) is 18.8. The van der Waals surface area contributed by atoms with Crippen LogP contribution in [0.15, 0.2) is 71.2 Å². The van der Waals surface area contributed by atoms with Gasteiger partial charge < -0.3 is 14.8 Å². The summed E-state index contributed by atoms with van der Waals surface area (Å²) in [5.41, 5.74) is 4.40. The molecule has 4 rings (SSSR count). The number of esters is 1. The van der Waals surface area contributed by atoms with E-state index in [4.69, 9.17) is 9.47 Å². The summed E-state index contributed by atoms with van der Waals surface area (Å²) < 4.78 is 10.8. The number of ether oxygens (including phenoxy) is 2. The number of aromatic nitrogens is 1. The highest BCUT2D eigenvalue weighted by molar-refractivity contribution is 6.04. The van der Waals surface area contributed by atoms with Crippen LogP contribution in [0.4, 0.5) is 0 Å². The third-order valence-corrected chi connectivity index (χ3v) is 5.96. The van der Waals surface area contributed by atoms with Crippen molar-refractivity contribution in [3.05, 3.63) is 82.5 Å². The monoisotopic (exact) mass is 432 g/mol. The van der Waals surface area contributed by atoms with Crippen LogP contribution in [0.25, 0.3) is 0 Å². The van der Waals surface area contributed by atoms with E-state index in [0.717, 1.165) is 17.0 Å². The highest BCUT2D eigenvalue weighted by Crippen LogP contribution is 2.45. The van der Waals surface area contributed by atoms with E-state index in [1.165, 1.54) is 0 Å². The molecule has 2 aliphatic rings. The second kappa shape index (κ2) is 8.99. The number of dihydropyridines is 1. The summed E-state index contributed by atoms with van der Waals surface area (Å²) in [6.45, 7) is 5.49. The lowest BCUT2D eigenvalue weighted by atomic mass is 9.73. The Morgan fingerprint density at radius 1 is 1.12 bits per heavy atom. The smallest absolute Gasteiger partial charge is 0.337 e. The number of methoxy groups -OCH3 is 1. The lowest BCUT2D eigenvalue weighted by Gasteiger charge is -2.36. The van der Waals surface area contributed by atoms with E-state index in [1.807, 2.05) is 63.2 Å². The summed E-state index contributed by atoms with van der Waals surface area (Å²) in [4.78, 5) is 31.0. The first-order valence-corrected chi connectivity index (χ1v) is 10.9. The number of Topliss-reactive ketones (excluding diaryl/α,β-unsaturated/α-hetero) is 1. The fourth-order valence-electron chi connectivity index (χ4n) is 4.54. The minimum Gasteiger partial charge on any atom is -0.497 e. The highest BCUT2D eigenvalue weighted by Gasteiger charge is 2.42. The van der Waals surface area contributed by atoms with Crippen LogP contribution >= 0.6 is 0 Å². The first-order chi connectivity index (χ1) is 15.4. The summed E-state index contributed by atoms with van der Waals surface area (Å²) in [7, 11) is 1.64. The molecule has 0 amide bonds. The van der Waals surface area contributed by atoms with Crippen LogP contribution in [0, 0.1) is 0 Å². The standard InChI is InChI=1S/C26H28N2O4/c1-15(2)32-26(30)23-16(3)28-21-13-18(17-8-10-19(31-4)11-9-17)14-22(29)24(21)25(23)20-7-5-6-12-27-20/h5-12,15,18,25,28H,13-14H2,1-4H3/t18-,25-/m0/s1. The molecule has 32 heavy (non-hydrogen) atoms. The Balaban J connectivity index is 1.74. The molecule has 0 unspecified atom stereocenters. The van der Waals surface area contributed by atoms with E-state index >= 15 is 0 Å². The zero-order chi connectivity index (χ0) is 22.8. The second-order valence-electron chi connectivity index (χ2n) is 8.50. The van der Waals surface area contributed by atoms with Gasteiger partial charge in [-0.1, -0.05) is 18.2 Å². The SMILES string of the molecule is COc1ccc([C@@H]2CC(=O)C3=C(C2)NC(C)=C(C(=O)OC(C)C)[C@@H]3c2ccccn2)cc1. The molecule has 1 N–H and O–H groups in total. The molecule has 0 spiro atoms. The van der Waals surface area contributed by atoms with Crippen LogP contribution in [0.5, 0.6) is 5.75 Å². The van der Waals surface area contributed by atoms with Gasteiger partial charge in [-0.25, -0.2) is 4.79 Å². The molecular formula is C26H28N2O4. The van der Waals surface area contributed by atoms with Crippen molar-refractivity contribution in [3.8, 4) is 5.75 Å². The Bertz CT molecular complexity index is 1080. The van der Waals surface area contributed by atoms with E-state index in [1.54, 1.807) is 13.3 Å². The lowest BCUT2D eigenvalue weighted by molar-refractivity contribution is -0.143. The van der Waals surface area contributed by atoms with Crippen LogP contribution in [0.2, 0.25) is 0 Å². The molecule has 1 aliphatic carbocycles. The van der Waals surface area contributed by atoms with E-state index in [9.17, 15) is 9.59 Å². The summed E-state index contributed by atoms with van der Waals surface area (Å²) in [6, 6.07) is 13.4. The largest absolute Gasteiger partial charge is 0.497 e. The molecule has 6 heteroatoms. The summed E-state index contributed by atoms with van der Waals surface area (Å²) >= 11 is 0. The van der Waals surface area contributed by atoms with Gasteiger partial charge in [0.05, 0.1) is 30.4 Å². The maximum Gasteiger partial charge on any atom is 0.337 e. The molecule has 166 valence electrons. The molecular weight excluding hydrogens is 404 g/mol. The average molecular weight is 433 g/mol. The quantitative estimate of drug-likeness (QED) is 0.706. The maximum atomic E-state index is 13.5. The maximum absolute atomic E-state index is 13.5. The molecule has 0 radical (unpaired) electrons. The predicted molar refractivity (Wildman–Crippen MR) is 121 cm³/mol. The molecule has 0 fully saturated rings. The van der Waals surface area contributed by atoms with Crippen LogP contribution in [-0.2, 0) is 14.3 Å². The van der Waals surface area contributed by atoms with Gasteiger partial charge in [-0.15, -0.1) is 0 Å². The number of ketones is 1. The zero-order valence-electron chi connectivity index (χ0n) is 18.8. The Morgan fingerprint density at radius 2 is 1.88 bits per heavy atom. The molecule has 0 saturated heterocycles. The molecule has 2 aromatic rings. The highest BCUT2D eigenvalue weighted by atomic mass is 16.5. The van der Waals surface area contributed by atoms with Crippen LogP contribution in [0.3, 0.4) is 0 Å². The Labute approximate surface area is 188 Å². The predicted octanol–water partition coefficient (Wildman–Crippen LogP) is 4.40.